The molecule has 7 N–H and O–H groups in total. The number of pyridine rings is 1. The van der Waals surface area contributed by atoms with Crippen LogP contribution >= 0.6 is 0 Å². The second-order valence-corrected chi connectivity index (χ2v) is 8.65. The summed E-state index contributed by atoms with van der Waals surface area (Å²) in [5.74, 6) is -2.38. The normalized spacial score (nSPS) is 21.0. The molecule has 0 radical (unpaired) electrons. The van der Waals surface area contributed by atoms with Crippen LogP contribution in [0.3, 0.4) is 0 Å². The number of rotatable bonds is 7. The number of carbonyl (C=O) groups excluding carboxylic acids is 2. The van der Waals surface area contributed by atoms with Crippen LogP contribution in [0.25, 0.3) is 11.2 Å². The van der Waals surface area contributed by atoms with E-state index in [0.29, 0.717) is 16.7 Å². The predicted molar refractivity (Wildman–Crippen MR) is 135 cm³/mol. The van der Waals surface area contributed by atoms with Gasteiger partial charge in [-0.3, -0.25) is 19.1 Å². The number of fused-ring (bicyclic) bond motifs is 1. The maximum atomic E-state index is 12.7. The average molecular weight is 534 g/mol. The largest absolute Gasteiger partial charge is 0.504 e. The van der Waals surface area contributed by atoms with Gasteiger partial charge in [-0.05, 0) is 24.3 Å². The first-order valence-electron chi connectivity index (χ1n) is 11.7. The van der Waals surface area contributed by atoms with Gasteiger partial charge in [0.25, 0.3) is 5.91 Å². The van der Waals surface area contributed by atoms with Crippen molar-refractivity contribution < 1.29 is 34.8 Å². The number of amides is 1. The van der Waals surface area contributed by atoms with Crippen LogP contribution in [0.4, 0.5) is 5.82 Å². The third-order valence-electron chi connectivity index (χ3n) is 6.18. The molecule has 14 heteroatoms. The Hall–Kier alpha value is -4.92. The van der Waals surface area contributed by atoms with Crippen LogP contribution in [0.15, 0.2) is 61.5 Å². The number of aliphatic hydroxyl groups excluding tert-OH is 2. The Morgan fingerprint density at radius 1 is 1.08 bits per heavy atom. The van der Waals surface area contributed by atoms with Crippen molar-refractivity contribution in [2.24, 2.45) is 0 Å². The molecule has 1 aromatic carbocycles. The first kappa shape index (κ1) is 25.7. The summed E-state index contributed by atoms with van der Waals surface area (Å²) in [5.41, 5.74) is 6.43. The van der Waals surface area contributed by atoms with E-state index < -0.39 is 47.7 Å². The highest BCUT2D eigenvalue weighted by Gasteiger charge is 2.43. The van der Waals surface area contributed by atoms with Crippen molar-refractivity contribution in [3.05, 3.63) is 78.2 Å². The lowest BCUT2D eigenvalue weighted by atomic mass is 10.0. The van der Waals surface area contributed by atoms with Crippen LogP contribution in [0.1, 0.15) is 32.5 Å². The number of aromatic nitrogens is 5. The first-order chi connectivity index (χ1) is 18.8. The number of aliphatic hydroxyl groups is 2. The number of nitrogens with two attached hydrogens (primary N) is 1. The van der Waals surface area contributed by atoms with Gasteiger partial charge in [-0.25, -0.2) is 15.0 Å². The van der Waals surface area contributed by atoms with Crippen molar-refractivity contribution in [3.8, 4) is 11.5 Å². The number of nitrogens with zero attached hydrogens (tertiary/aromatic N) is 5. The number of anilines is 1. The molecule has 1 aliphatic heterocycles. The zero-order valence-electron chi connectivity index (χ0n) is 20.1. The van der Waals surface area contributed by atoms with Gasteiger partial charge in [-0.15, -0.1) is 0 Å². The highest BCUT2D eigenvalue weighted by atomic mass is 16.6. The van der Waals surface area contributed by atoms with E-state index in [4.69, 9.17) is 10.5 Å². The average Bonchev–Trinajstić information content (AvgIpc) is 3.49. The number of phenols is 2. The van der Waals surface area contributed by atoms with Gasteiger partial charge >= 0.3 is 0 Å². The summed E-state index contributed by atoms with van der Waals surface area (Å²) in [4.78, 5) is 41.4. The molecule has 0 saturated carbocycles. The summed E-state index contributed by atoms with van der Waals surface area (Å²) in [6.45, 7) is -0.0628. The number of hydrogen-bond donors (Lipinski definition) is 6. The predicted octanol–water partition coefficient (Wildman–Crippen LogP) is 0.0511. The van der Waals surface area contributed by atoms with Crippen molar-refractivity contribution in [2.75, 3.05) is 12.3 Å². The minimum atomic E-state index is -1.32. The molecule has 0 aliphatic carbocycles. The summed E-state index contributed by atoms with van der Waals surface area (Å²) < 4.78 is 7.23. The highest BCUT2D eigenvalue weighted by molar-refractivity contribution is 6.11. The Kier molecular flexibility index (Phi) is 6.89. The van der Waals surface area contributed by atoms with Gasteiger partial charge in [0.2, 0.25) is 0 Å². The first-order valence-corrected chi connectivity index (χ1v) is 11.7. The summed E-state index contributed by atoms with van der Waals surface area (Å²) in [5, 5.41) is 43.8. The van der Waals surface area contributed by atoms with E-state index in [9.17, 15) is 30.0 Å². The minimum Gasteiger partial charge on any atom is -0.504 e. The smallest absolute Gasteiger partial charge is 0.255 e. The Morgan fingerprint density at radius 3 is 2.62 bits per heavy atom. The van der Waals surface area contributed by atoms with Crippen LogP contribution in [-0.2, 0) is 4.74 Å². The molecule has 4 unspecified atom stereocenters. The van der Waals surface area contributed by atoms with E-state index in [1.165, 1.54) is 60.0 Å². The number of phenolic OH excluding ortho intramolecular Hbond substituents is 2. The van der Waals surface area contributed by atoms with E-state index in [0.717, 1.165) is 6.07 Å². The van der Waals surface area contributed by atoms with Gasteiger partial charge in [0.05, 0.1) is 11.9 Å². The molecule has 4 aromatic rings. The SMILES string of the molecule is Nc1ncnc2c1ncn2C1OC(C=CCNC(=O)c2cc(C(=O)c3ccncc3)cc(O)c2O)C(O)C1O. The van der Waals surface area contributed by atoms with E-state index >= 15 is 0 Å². The van der Waals surface area contributed by atoms with Crippen LogP contribution in [-0.4, -0.2) is 81.5 Å². The molecular weight excluding hydrogens is 510 g/mol. The van der Waals surface area contributed by atoms with Gasteiger partial charge in [0.1, 0.15) is 30.2 Å². The number of nitrogen functional groups attached to an aromatic ring is 1. The molecule has 1 saturated heterocycles. The fourth-order valence-corrected chi connectivity index (χ4v) is 4.17. The van der Waals surface area contributed by atoms with Crippen molar-refractivity contribution in [1.29, 1.82) is 0 Å². The van der Waals surface area contributed by atoms with Crippen molar-refractivity contribution in [1.82, 2.24) is 29.8 Å². The van der Waals surface area contributed by atoms with E-state index in [1.54, 1.807) is 0 Å². The molecule has 4 atom stereocenters. The Balaban J connectivity index is 1.25. The Bertz CT molecular complexity index is 1570. The molecule has 14 nitrogen and oxygen atoms in total. The molecule has 200 valence electrons. The molecule has 4 heterocycles. The number of ketones is 1. The molecule has 0 spiro atoms. The van der Waals surface area contributed by atoms with Gasteiger partial charge in [-0.2, -0.15) is 0 Å². The maximum absolute atomic E-state index is 12.7. The fourth-order valence-electron chi connectivity index (χ4n) is 4.17. The van der Waals surface area contributed by atoms with E-state index in [1.807, 2.05) is 0 Å². The highest BCUT2D eigenvalue weighted by Crippen LogP contribution is 2.33. The van der Waals surface area contributed by atoms with Crippen LogP contribution in [0, 0.1) is 0 Å². The van der Waals surface area contributed by atoms with Gasteiger partial charge < -0.3 is 36.2 Å². The van der Waals surface area contributed by atoms with Crippen LogP contribution in [0.2, 0.25) is 0 Å². The second-order valence-electron chi connectivity index (χ2n) is 8.65. The number of imidazole rings is 1. The summed E-state index contributed by atoms with van der Waals surface area (Å²) in [6, 6.07) is 5.21. The Morgan fingerprint density at radius 2 is 1.85 bits per heavy atom. The molecule has 1 aliphatic rings. The molecule has 0 bridgehead atoms. The standard InChI is InChI=1S/C25H23N7O7/c26-22-17-23(30-10-29-22)32(11-31-17)25-21(37)20(36)16(39-25)2-1-5-28-24(38)14-8-13(9-15(33)19(14)35)18(34)12-3-6-27-7-4-12/h1-4,6-11,16,20-21,25,33,35-37H,5H2,(H,28,38)(H2,26,29,30). The summed E-state index contributed by atoms with van der Waals surface area (Å²) in [7, 11) is 0. The van der Waals surface area contributed by atoms with Gasteiger partial charge in [0.15, 0.2) is 35.0 Å². The van der Waals surface area contributed by atoms with Crippen molar-refractivity contribution in [2.45, 2.75) is 24.5 Å². The number of hydrogen-bond acceptors (Lipinski definition) is 12. The minimum absolute atomic E-state index is 0.00116. The van der Waals surface area contributed by atoms with E-state index in [-0.39, 0.29) is 23.5 Å². The number of nitrogens with one attached hydrogen (secondary N) is 1. The lowest BCUT2D eigenvalue weighted by molar-refractivity contribution is -0.0245. The van der Waals surface area contributed by atoms with Crippen molar-refractivity contribution >= 4 is 28.7 Å². The third-order valence-corrected chi connectivity index (χ3v) is 6.18. The number of ether oxygens (including phenoxy) is 1. The molecule has 39 heavy (non-hydrogen) atoms. The summed E-state index contributed by atoms with van der Waals surface area (Å²) in [6.07, 6.45) is 3.87. The lowest BCUT2D eigenvalue weighted by Gasteiger charge is -2.16. The monoisotopic (exact) mass is 533 g/mol. The molecule has 1 fully saturated rings. The molecule has 5 rings (SSSR count). The number of benzene rings is 1. The van der Waals surface area contributed by atoms with Crippen LogP contribution < -0.4 is 11.1 Å². The second kappa shape index (κ2) is 10.4. The third kappa shape index (κ3) is 4.86. The van der Waals surface area contributed by atoms with Gasteiger partial charge in [-0.1, -0.05) is 12.2 Å². The summed E-state index contributed by atoms with van der Waals surface area (Å²) >= 11 is 0. The van der Waals surface area contributed by atoms with Gasteiger partial charge in [0, 0.05) is 30.1 Å². The zero-order chi connectivity index (χ0) is 27.7. The molecule has 1 amide bonds. The lowest BCUT2D eigenvalue weighted by Crippen LogP contribution is -2.31. The number of aromatic hydroxyl groups is 2. The quantitative estimate of drug-likeness (QED) is 0.105. The van der Waals surface area contributed by atoms with E-state index in [2.05, 4.69) is 25.3 Å². The number of carbonyl (C=O) groups is 2. The maximum Gasteiger partial charge on any atom is 0.255 e. The Labute approximate surface area is 220 Å². The van der Waals surface area contributed by atoms with Crippen LogP contribution in [0.5, 0.6) is 11.5 Å². The molecular formula is C25H23N7O7. The van der Waals surface area contributed by atoms with Crippen molar-refractivity contribution in [3.63, 3.8) is 0 Å². The fraction of sp³-hybridized carbons (Fsp3) is 0.200. The zero-order valence-corrected chi connectivity index (χ0v) is 20.1. The molecule has 3 aromatic heterocycles. The topological polar surface area (TPSA) is 219 Å².